The van der Waals surface area contributed by atoms with Gasteiger partial charge in [-0.05, 0) is 37.8 Å². The Kier molecular flexibility index (Phi) is 3.57. The first kappa shape index (κ1) is 14.0. The van der Waals surface area contributed by atoms with E-state index in [1.54, 1.807) is 0 Å². The molecular weight excluding hydrogens is 290 g/mol. The lowest BCUT2D eigenvalue weighted by Gasteiger charge is -2.10. The standard InChI is InChI=1S/C17H19N5O/c23-17(16-11-5-1-2-6-12(11)21-22-16)18-10-9-15-19-13-7-3-4-8-14(13)20-15/h3-4,7-8H,1-2,5-6,9-10H2,(H,18,23)(H,19,20)(H,21,22). The van der Waals surface area contributed by atoms with Crippen molar-refractivity contribution in [3.05, 3.63) is 47.0 Å². The molecule has 118 valence electrons. The van der Waals surface area contributed by atoms with Crippen LogP contribution in [0.5, 0.6) is 0 Å². The fourth-order valence-corrected chi connectivity index (χ4v) is 3.17. The molecule has 0 aliphatic heterocycles. The third kappa shape index (κ3) is 2.72. The summed E-state index contributed by atoms with van der Waals surface area (Å²) >= 11 is 0. The van der Waals surface area contributed by atoms with Crippen LogP contribution in [0.3, 0.4) is 0 Å². The summed E-state index contributed by atoms with van der Waals surface area (Å²) in [7, 11) is 0. The molecule has 2 aromatic heterocycles. The fourth-order valence-electron chi connectivity index (χ4n) is 3.17. The summed E-state index contributed by atoms with van der Waals surface area (Å²) in [5, 5.41) is 10.1. The molecule has 0 bridgehead atoms. The highest BCUT2D eigenvalue weighted by Gasteiger charge is 2.21. The average molecular weight is 309 g/mol. The van der Waals surface area contributed by atoms with Crippen LogP contribution in [-0.4, -0.2) is 32.6 Å². The van der Waals surface area contributed by atoms with E-state index in [-0.39, 0.29) is 5.91 Å². The first-order valence-electron chi connectivity index (χ1n) is 8.09. The predicted octanol–water partition coefficient (Wildman–Crippen LogP) is 2.14. The van der Waals surface area contributed by atoms with Crippen molar-refractivity contribution in [2.45, 2.75) is 32.1 Å². The predicted molar refractivity (Wildman–Crippen MR) is 87.4 cm³/mol. The zero-order valence-electron chi connectivity index (χ0n) is 12.9. The van der Waals surface area contributed by atoms with Crippen LogP contribution >= 0.6 is 0 Å². The molecule has 0 fully saturated rings. The number of aromatic amines is 2. The van der Waals surface area contributed by atoms with Gasteiger partial charge >= 0.3 is 0 Å². The fraction of sp³-hybridized carbons (Fsp3) is 0.353. The molecule has 4 rings (SSSR count). The number of hydrogen-bond donors (Lipinski definition) is 3. The largest absolute Gasteiger partial charge is 0.350 e. The maximum absolute atomic E-state index is 12.3. The van der Waals surface area contributed by atoms with Crippen LogP contribution in [-0.2, 0) is 19.3 Å². The molecule has 1 aromatic carbocycles. The second kappa shape index (κ2) is 5.87. The quantitative estimate of drug-likeness (QED) is 0.690. The number of hydrogen-bond acceptors (Lipinski definition) is 3. The molecule has 2 heterocycles. The van der Waals surface area contributed by atoms with Crippen molar-refractivity contribution >= 4 is 16.9 Å². The molecule has 6 nitrogen and oxygen atoms in total. The molecule has 0 atom stereocenters. The summed E-state index contributed by atoms with van der Waals surface area (Å²) in [6.45, 7) is 0.542. The number of rotatable bonds is 4. The number of fused-ring (bicyclic) bond motifs is 2. The Morgan fingerprint density at radius 1 is 1.22 bits per heavy atom. The third-order valence-corrected chi connectivity index (χ3v) is 4.36. The number of nitrogens with zero attached hydrogens (tertiary/aromatic N) is 2. The molecule has 1 aliphatic carbocycles. The molecular formula is C17H19N5O. The number of para-hydroxylation sites is 2. The summed E-state index contributed by atoms with van der Waals surface area (Å²) in [4.78, 5) is 20.1. The van der Waals surface area contributed by atoms with Crippen LogP contribution in [0, 0.1) is 0 Å². The maximum Gasteiger partial charge on any atom is 0.272 e. The van der Waals surface area contributed by atoms with Gasteiger partial charge in [0.25, 0.3) is 5.91 Å². The van der Waals surface area contributed by atoms with Gasteiger partial charge in [-0.25, -0.2) is 4.98 Å². The highest BCUT2D eigenvalue weighted by Crippen LogP contribution is 2.21. The number of nitrogens with one attached hydrogen (secondary N) is 3. The summed E-state index contributed by atoms with van der Waals surface area (Å²) in [5.74, 6) is 0.788. The van der Waals surface area contributed by atoms with Crippen molar-refractivity contribution in [3.63, 3.8) is 0 Å². The van der Waals surface area contributed by atoms with Gasteiger partial charge in [-0.1, -0.05) is 12.1 Å². The van der Waals surface area contributed by atoms with E-state index in [1.165, 1.54) is 6.42 Å². The molecule has 3 aromatic rings. The van der Waals surface area contributed by atoms with E-state index in [0.717, 1.165) is 47.4 Å². The monoisotopic (exact) mass is 309 g/mol. The van der Waals surface area contributed by atoms with Gasteiger partial charge in [-0.3, -0.25) is 9.89 Å². The van der Waals surface area contributed by atoms with Crippen molar-refractivity contribution in [2.75, 3.05) is 6.54 Å². The van der Waals surface area contributed by atoms with Crippen molar-refractivity contribution in [1.82, 2.24) is 25.5 Å². The number of carbonyl (C=O) groups excluding carboxylic acids is 1. The maximum atomic E-state index is 12.3. The Bertz CT molecular complexity index is 815. The van der Waals surface area contributed by atoms with Crippen LogP contribution in [0.4, 0.5) is 0 Å². The first-order valence-corrected chi connectivity index (χ1v) is 8.09. The van der Waals surface area contributed by atoms with Gasteiger partial charge < -0.3 is 10.3 Å². The number of imidazole rings is 1. The SMILES string of the molecule is O=C(NCCc1nc2ccccc2[nH]1)c1n[nH]c2c1CCCC2. The van der Waals surface area contributed by atoms with Crippen LogP contribution in [0.25, 0.3) is 11.0 Å². The van der Waals surface area contributed by atoms with Crippen molar-refractivity contribution in [1.29, 1.82) is 0 Å². The second-order valence-electron chi connectivity index (χ2n) is 5.94. The smallest absolute Gasteiger partial charge is 0.272 e. The minimum Gasteiger partial charge on any atom is -0.350 e. The summed E-state index contributed by atoms with van der Waals surface area (Å²) < 4.78 is 0. The number of carbonyl (C=O) groups is 1. The van der Waals surface area contributed by atoms with Crippen molar-refractivity contribution < 1.29 is 4.79 Å². The molecule has 1 amide bonds. The van der Waals surface area contributed by atoms with E-state index in [2.05, 4.69) is 25.5 Å². The molecule has 0 saturated carbocycles. The topological polar surface area (TPSA) is 86.5 Å². The minimum absolute atomic E-state index is 0.0967. The lowest BCUT2D eigenvalue weighted by molar-refractivity contribution is 0.0948. The van der Waals surface area contributed by atoms with E-state index in [4.69, 9.17) is 0 Å². The molecule has 0 unspecified atom stereocenters. The number of amides is 1. The van der Waals surface area contributed by atoms with Crippen LogP contribution < -0.4 is 5.32 Å². The lowest BCUT2D eigenvalue weighted by Crippen LogP contribution is -2.27. The first-order chi connectivity index (χ1) is 11.3. The highest BCUT2D eigenvalue weighted by molar-refractivity contribution is 5.94. The number of benzene rings is 1. The van der Waals surface area contributed by atoms with Crippen molar-refractivity contribution in [3.8, 4) is 0 Å². The Balaban J connectivity index is 1.39. The van der Waals surface area contributed by atoms with Gasteiger partial charge in [0.15, 0.2) is 5.69 Å². The zero-order chi connectivity index (χ0) is 15.6. The molecule has 6 heteroatoms. The van der Waals surface area contributed by atoms with Crippen LogP contribution in [0.1, 0.15) is 40.4 Å². The van der Waals surface area contributed by atoms with E-state index < -0.39 is 0 Å². The number of H-pyrrole nitrogens is 2. The Labute approximate surface area is 133 Å². The van der Waals surface area contributed by atoms with Gasteiger partial charge in [0.2, 0.25) is 0 Å². The Morgan fingerprint density at radius 2 is 2.09 bits per heavy atom. The third-order valence-electron chi connectivity index (χ3n) is 4.36. The van der Waals surface area contributed by atoms with Gasteiger partial charge in [-0.15, -0.1) is 0 Å². The van der Waals surface area contributed by atoms with E-state index in [9.17, 15) is 4.79 Å². The lowest BCUT2D eigenvalue weighted by atomic mass is 9.96. The van der Waals surface area contributed by atoms with Crippen LogP contribution in [0.2, 0.25) is 0 Å². The van der Waals surface area contributed by atoms with E-state index in [1.807, 2.05) is 24.3 Å². The summed E-state index contributed by atoms with van der Waals surface area (Å²) in [6.07, 6.45) is 4.91. The Hall–Kier alpha value is -2.63. The van der Waals surface area contributed by atoms with Gasteiger partial charge in [-0.2, -0.15) is 5.10 Å². The molecule has 0 radical (unpaired) electrons. The van der Waals surface area contributed by atoms with Crippen LogP contribution in [0.15, 0.2) is 24.3 Å². The van der Waals surface area contributed by atoms with E-state index in [0.29, 0.717) is 18.7 Å². The highest BCUT2D eigenvalue weighted by atomic mass is 16.1. The molecule has 0 saturated heterocycles. The van der Waals surface area contributed by atoms with Gasteiger partial charge in [0.1, 0.15) is 5.82 Å². The van der Waals surface area contributed by atoms with Crippen molar-refractivity contribution in [2.24, 2.45) is 0 Å². The molecule has 3 N–H and O–H groups in total. The second-order valence-corrected chi connectivity index (χ2v) is 5.94. The molecule has 0 spiro atoms. The van der Waals surface area contributed by atoms with Gasteiger partial charge in [0.05, 0.1) is 11.0 Å². The van der Waals surface area contributed by atoms with Gasteiger partial charge in [0, 0.05) is 24.2 Å². The minimum atomic E-state index is -0.0967. The Morgan fingerprint density at radius 3 is 3.00 bits per heavy atom. The number of aryl methyl sites for hydroxylation is 1. The zero-order valence-corrected chi connectivity index (χ0v) is 12.9. The summed E-state index contributed by atoms with van der Waals surface area (Å²) in [6, 6.07) is 7.92. The molecule has 1 aliphatic rings. The molecule has 23 heavy (non-hydrogen) atoms. The van der Waals surface area contributed by atoms with E-state index >= 15 is 0 Å². The average Bonchev–Trinajstić information content (AvgIpc) is 3.18. The summed E-state index contributed by atoms with van der Waals surface area (Å²) in [5.41, 5.74) is 4.76. The normalized spacial score (nSPS) is 13.9. The number of aromatic nitrogens is 4.